The van der Waals surface area contributed by atoms with Gasteiger partial charge in [-0.25, -0.2) is 9.97 Å². The number of imidazole rings is 1. The molecular weight excluding hydrogens is 316 g/mol. The highest BCUT2D eigenvalue weighted by Crippen LogP contribution is 2.26. The molecule has 1 amide bonds. The number of aryl methyl sites for hydroxylation is 1. The zero-order valence-corrected chi connectivity index (χ0v) is 14.1. The zero-order chi connectivity index (χ0) is 17.2. The van der Waals surface area contributed by atoms with Gasteiger partial charge in [0.05, 0.1) is 0 Å². The van der Waals surface area contributed by atoms with E-state index in [0.717, 1.165) is 30.8 Å². The molecule has 128 valence electrons. The Balaban J connectivity index is 1.49. The molecule has 1 fully saturated rings. The number of aromatic nitrogens is 5. The molecule has 1 atom stereocenters. The number of benzene rings is 1. The summed E-state index contributed by atoms with van der Waals surface area (Å²) >= 11 is 0. The topological polar surface area (TPSA) is 79.7 Å². The molecule has 7 nitrogen and oxygen atoms in total. The molecule has 0 bridgehead atoms. The van der Waals surface area contributed by atoms with E-state index >= 15 is 0 Å². The Kier molecular flexibility index (Phi) is 4.05. The maximum Gasteiger partial charge on any atom is 0.253 e. The normalized spacial score (nSPS) is 17.6. The molecule has 1 unspecified atom stereocenters. The molecule has 3 aromatic rings. The van der Waals surface area contributed by atoms with Crippen molar-refractivity contribution < 1.29 is 4.79 Å². The van der Waals surface area contributed by atoms with E-state index in [1.54, 1.807) is 0 Å². The van der Waals surface area contributed by atoms with Crippen molar-refractivity contribution in [2.75, 3.05) is 13.1 Å². The van der Waals surface area contributed by atoms with Crippen molar-refractivity contribution in [2.24, 2.45) is 7.05 Å². The van der Waals surface area contributed by atoms with E-state index < -0.39 is 0 Å². The van der Waals surface area contributed by atoms with Crippen LogP contribution in [0.25, 0.3) is 11.4 Å². The van der Waals surface area contributed by atoms with Crippen LogP contribution in [0.15, 0.2) is 43.0 Å². The van der Waals surface area contributed by atoms with Crippen LogP contribution in [0, 0.1) is 0 Å². The Morgan fingerprint density at radius 3 is 2.76 bits per heavy atom. The van der Waals surface area contributed by atoms with Crippen molar-refractivity contribution in [1.29, 1.82) is 0 Å². The number of hydrogen-bond donors (Lipinski definition) is 1. The molecule has 1 N–H and O–H groups in total. The molecule has 0 saturated carbocycles. The van der Waals surface area contributed by atoms with Gasteiger partial charge in [0.1, 0.15) is 12.2 Å². The van der Waals surface area contributed by atoms with Gasteiger partial charge in [0.15, 0.2) is 5.82 Å². The monoisotopic (exact) mass is 336 g/mol. The molecule has 7 heteroatoms. The minimum atomic E-state index is 0.0722. The summed E-state index contributed by atoms with van der Waals surface area (Å²) in [6.45, 7) is 1.51. The van der Waals surface area contributed by atoms with Crippen molar-refractivity contribution in [3.63, 3.8) is 0 Å². The average molecular weight is 336 g/mol. The quantitative estimate of drug-likeness (QED) is 0.795. The molecule has 1 aliphatic rings. The highest BCUT2D eigenvalue weighted by atomic mass is 16.2. The van der Waals surface area contributed by atoms with Gasteiger partial charge in [-0.15, -0.1) is 0 Å². The van der Waals surface area contributed by atoms with Crippen LogP contribution in [0.2, 0.25) is 0 Å². The van der Waals surface area contributed by atoms with E-state index in [1.807, 2.05) is 53.2 Å². The first-order valence-electron chi connectivity index (χ1n) is 8.44. The van der Waals surface area contributed by atoms with E-state index in [4.69, 9.17) is 0 Å². The van der Waals surface area contributed by atoms with E-state index in [-0.39, 0.29) is 5.91 Å². The minimum absolute atomic E-state index is 0.0722. The lowest BCUT2D eigenvalue weighted by molar-refractivity contribution is 0.0703. The van der Waals surface area contributed by atoms with Gasteiger partial charge in [0.25, 0.3) is 5.91 Å². The predicted molar refractivity (Wildman–Crippen MR) is 92.9 cm³/mol. The van der Waals surface area contributed by atoms with Gasteiger partial charge < -0.3 is 9.47 Å². The second-order valence-electron chi connectivity index (χ2n) is 6.40. The third-order valence-corrected chi connectivity index (χ3v) is 4.75. The van der Waals surface area contributed by atoms with E-state index in [2.05, 4.69) is 20.2 Å². The lowest BCUT2D eigenvalue weighted by Gasteiger charge is -2.32. The number of nitrogens with zero attached hydrogens (tertiary/aromatic N) is 5. The second kappa shape index (κ2) is 6.51. The number of aromatic amines is 1. The summed E-state index contributed by atoms with van der Waals surface area (Å²) in [5, 5.41) is 6.68. The fraction of sp³-hybridized carbons (Fsp3) is 0.333. The highest BCUT2D eigenvalue weighted by Gasteiger charge is 2.27. The van der Waals surface area contributed by atoms with Crippen molar-refractivity contribution >= 4 is 5.91 Å². The van der Waals surface area contributed by atoms with Crippen molar-refractivity contribution in [3.8, 4) is 11.4 Å². The van der Waals surface area contributed by atoms with E-state index in [1.165, 1.54) is 6.33 Å². The maximum absolute atomic E-state index is 12.9. The first-order valence-corrected chi connectivity index (χ1v) is 8.44. The lowest BCUT2D eigenvalue weighted by Crippen LogP contribution is -2.39. The molecule has 0 aliphatic carbocycles. The second-order valence-corrected chi connectivity index (χ2v) is 6.40. The van der Waals surface area contributed by atoms with Gasteiger partial charge in [-0.1, -0.05) is 12.1 Å². The van der Waals surface area contributed by atoms with Gasteiger partial charge in [0.2, 0.25) is 0 Å². The Morgan fingerprint density at radius 2 is 2.08 bits per heavy atom. The predicted octanol–water partition coefficient (Wildman–Crippen LogP) is 2.22. The van der Waals surface area contributed by atoms with Crippen molar-refractivity contribution in [3.05, 3.63) is 54.4 Å². The van der Waals surface area contributed by atoms with Crippen LogP contribution in [0.3, 0.4) is 0 Å². The largest absolute Gasteiger partial charge is 0.338 e. The number of likely N-dealkylation sites (tertiary alicyclic amines) is 1. The molecule has 1 saturated heterocycles. The molecule has 2 aromatic heterocycles. The fourth-order valence-corrected chi connectivity index (χ4v) is 3.44. The number of nitrogens with one attached hydrogen (secondary N) is 1. The summed E-state index contributed by atoms with van der Waals surface area (Å²) in [4.78, 5) is 23.4. The van der Waals surface area contributed by atoms with Crippen LogP contribution < -0.4 is 0 Å². The maximum atomic E-state index is 12.9. The van der Waals surface area contributed by atoms with Crippen LogP contribution >= 0.6 is 0 Å². The summed E-state index contributed by atoms with van der Waals surface area (Å²) in [6, 6.07) is 7.50. The van der Waals surface area contributed by atoms with E-state index in [9.17, 15) is 4.79 Å². The Morgan fingerprint density at radius 1 is 1.24 bits per heavy atom. The third kappa shape index (κ3) is 3.05. The molecule has 1 aliphatic heterocycles. The van der Waals surface area contributed by atoms with Gasteiger partial charge in [0, 0.05) is 49.6 Å². The summed E-state index contributed by atoms with van der Waals surface area (Å²) < 4.78 is 2.05. The number of rotatable bonds is 3. The summed E-state index contributed by atoms with van der Waals surface area (Å²) in [7, 11) is 2.01. The smallest absolute Gasteiger partial charge is 0.253 e. The van der Waals surface area contributed by atoms with Crippen LogP contribution in [0.5, 0.6) is 0 Å². The zero-order valence-electron chi connectivity index (χ0n) is 14.1. The standard InChI is InChI=1S/C18H20N6O/c1-23-10-8-19-17(23)15-3-2-9-24(11-15)18(25)14-6-4-13(5-7-14)16-20-12-21-22-16/h4-8,10,12,15H,2-3,9,11H2,1H3,(H,20,21,22). The first kappa shape index (κ1) is 15.6. The number of carbonyl (C=O) groups is 1. The number of hydrogen-bond acceptors (Lipinski definition) is 4. The number of carbonyl (C=O) groups excluding carboxylic acids is 1. The van der Waals surface area contributed by atoms with Crippen LogP contribution in [-0.2, 0) is 7.05 Å². The number of piperidine rings is 1. The summed E-state index contributed by atoms with van der Waals surface area (Å²) in [5.41, 5.74) is 1.61. The summed E-state index contributed by atoms with van der Waals surface area (Å²) in [6.07, 6.45) is 7.31. The molecule has 1 aromatic carbocycles. The molecular formula is C18H20N6O. The first-order chi connectivity index (χ1) is 12.2. The SMILES string of the molecule is Cn1ccnc1C1CCCN(C(=O)c2ccc(-c3ncn[nH]3)cc2)C1. The fourth-order valence-electron chi connectivity index (χ4n) is 3.44. The molecule has 0 radical (unpaired) electrons. The third-order valence-electron chi connectivity index (χ3n) is 4.75. The Bertz CT molecular complexity index is 852. The highest BCUT2D eigenvalue weighted by molar-refractivity contribution is 5.94. The van der Waals surface area contributed by atoms with Gasteiger partial charge in [-0.2, -0.15) is 5.10 Å². The van der Waals surface area contributed by atoms with Crippen LogP contribution in [0.1, 0.15) is 34.9 Å². The van der Waals surface area contributed by atoms with Crippen LogP contribution in [-0.4, -0.2) is 48.6 Å². The van der Waals surface area contributed by atoms with Gasteiger partial charge in [-0.05, 0) is 25.0 Å². The number of amides is 1. The molecule has 4 rings (SSSR count). The van der Waals surface area contributed by atoms with Crippen molar-refractivity contribution in [2.45, 2.75) is 18.8 Å². The van der Waals surface area contributed by atoms with Crippen LogP contribution in [0.4, 0.5) is 0 Å². The minimum Gasteiger partial charge on any atom is -0.338 e. The lowest BCUT2D eigenvalue weighted by atomic mass is 9.96. The average Bonchev–Trinajstić information content (AvgIpc) is 3.33. The molecule has 0 spiro atoms. The Hall–Kier alpha value is -2.96. The molecule has 3 heterocycles. The van der Waals surface area contributed by atoms with Gasteiger partial charge >= 0.3 is 0 Å². The summed E-state index contributed by atoms with van der Waals surface area (Å²) in [5.74, 6) is 2.12. The molecule has 25 heavy (non-hydrogen) atoms. The Labute approximate surface area is 145 Å². The number of H-pyrrole nitrogens is 1. The van der Waals surface area contributed by atoms with Gasteiger partial charge in [-0.3, -0.25) is 9.89 Å². The van der Waals surface area contributed by atoms with E-state index in [0.29, 0.717) is 23.9 Å². The van der Waals surface area contributed by atoms with Crippen molar-refractivity contribution in [1.82, 2.24) is 29.6 Å².